The van der Waals surface area contributed by atoms with Crippen molar-refractivity contribution in [3.05, 3.63) is 39.9 Å². The Kier molecular flexibility index (Phi) is 5.31. The number of nitro benzene ring substituents is 1. The molecule has 7 heteroatoms. The van der Waals surface area contributed by atoms with Crippen LogP contribution in [-0.4, -0.2) is 41.4 Å². The number of piperidine rings is 1. The van der Waals surface area contributed by atoms with Gasteiger partial charge in [-0.25, -0.2) is 4.79 Å². The van der Waals surface area contributed by atoms with Crippen molar-refractivity contribution in [3.8, 4) is 0 Å². The van der Waals surface area contributed by atoms with Crippen LogP contribution in [0.5, 0.6) is 0 Å². The number of rotatable bonds is 4. The molecule has 2 aliphatic rings. The molecule has 1 aromatic carbocycles. The van der Waals surface area contributed by atoms with Crippen molar-refractivity contribution in [2.75, 3.05) is 19.7 Å². The molecule has 7 nitrogen and oxygen atoms in total. The summed E-state index contributed by atoms with van der Waals surface area (Å²) in [5, 5.41) is 10.6. The Labute approximate surface area is 146 Å². The van der Waals surface area contributed by atoms with Crippen LogP contribution in [0.2, 0.25) is 0 Å². The van der Waals surface area contributed by atoms with Crippen LogP contribution in [0, 0.1) is 22.0 Å². The summed E-state index contributed by atoms with van der Waals surface area (Å²) in [5.41, 5.74) is 0.104. The molecule has 1 amide bonds. The minimum absolute atomic E-state index is 0.0945. The number of hydrogen-bond acceptors (Lipinski definition) is 5. The molecule has 1 aliphatic carbocycles. The van der Waals surface area contributed by atoms with Gasteiger partial charge in [0.2, 0.25) is 0 Å². The number of fused-ring (bicyclic) bond motifs is 1. The van der Waals surface area contributed by atoms with Crippen LogP contribution in [0.25, 0.3) is 0 Å². The van der Waals surface area contributed by atoms with Gasteiger partial charge in [-0.3, -0.25) is 14.9 Å². The molecule has 2 atom stereocenters. The molecule has 0 spiro atoms. The van der Waals surface area contributed by atoms with Crippen molar-refractivity contribution in [2.45, 2.75) is 32.1 Å². The van der Waals surface area contributed by atoms with Crippen LogP contribution in [0.3, 0.4) is 0 Å². The first-order chi connectivity index (χ1) is 12.0. The van der Waals surface area contributed by atoms with Gasteiger partial charge in [0.25, 0.3) is 11.6 Å². The number of ether oxygens (including phenoxy) is 1. The minimum atomic E-state index is -0.643. The molecule has 0 radical (unpaired) electrons. The third-order valence-electron chi connectivity index (χ3n) is 5.28. The van der Waals surface area contributed by atoms with Crippen molar-refractivity contribution >= 4 is 17.6 Å². The summed E-state index contributed by atoms with van der Waals surface area (Å²) >= 11 is 0. The standard InChI is InChI=1S/C18H22N2O5/c21-17(19-10-9-13-3-1-2-4-15(13)11-19)12-25-18(22)14-5-7-16(8-6-14)20(23)24/h5-8,13,15H,1-4,9-12H2/t13-,15+/m1/s1. The van der Waals surface area contributed by atoms with Crippen LogP contribution in [0.1, 0.15) is 42.5 Å². The van der Waals surface area contributed by atoms with Gasteiger partial charge in [0, 0.05) is 25.2 Å². The summed E-state index contributed by atoms with van der Waals surface area (Å²) in [7, 11) is 0. The van der Waals surface area contributed by atoms with Crippen LogP contribution in [-0.2, 0) is 9.53 Å². The molecule has 134 valence electrons. The van der Waals surface area contributed by atoms with E-state index in [9.17, 15) is 19.7 Å². The summed E-state index contributed by atoms with van der Waals surface area (Å²) in [6.07, 6.45) is 6.01. The molecule has 0 N–H and O–H groups in total. The number of carbonyl (C=O) groups is 2. The summed E-state index contributed by atoms with van der Waals surface area (Å²) in [4.78, 5) is 36.2. The fourth-order valence-corrected chi connectivity index (χ4v) is 3.85. The van der Waals surface area contributed by atoms with Crippen molar-refractivity contribution in [1.82, 2.24) is 4.90 Å². The number of benzene rings is 1. The minimum Gasteiger partial charge on any atom is -0.452 e. The normalized spacial score (nSPS) is 22.8. The largest absolute Gasteiger partial charge is 0.452 e. The predicted molar refractivity (Wildman–Crippen MR) is 90.0 cm³/mol. The van der Waals surface area contributed by atoms with E-state index in [1.165, 1.54) is 49.9 Å². The first kappa shape index (κ1) is 17.4. The third kappa shape index (κ3) is 4.15. The lowest BCUT2D eigenvalue weighted by atomic mass is 9.75. The average molecular weight is 346 g/mol. The maximum absolute atomic E-state index is 12.3. The molecule has 25 heavy (non-hydrogen) atoms. The van der Waals surface area contributed by atoms with E-state index in [0.29, 0.717) is 5.92 Å². The zero-order chi connectivity index (χ0) is 17.8. The Morgan fingerprint density at radius 1 is 1.12 bits per heavy atom. The first-order valence-corrected chi connectivity index (χ1v) is 8.74. The summed E-state index contributed by atoms with van der Waals surface area (Å²) in [5.74, 6) is 0.507. The highest BCUT2D eigenvalue weighted by molar-refractivity contribution is 5.91. The van der Waals surface area contributed by atoms with Gasteiger partial charge in [-0.2, -0.15) is 0 Å². The maximum atomic E-state index is 12.3. The summed E-state index contributed by atoms with van der Waals surface area (Å²) in [6, 6.07) is 5.15. The number of amides is 1. The van der Waals surface area contributed by atoms with Gasteiger partial charge in [0.1, 0.15) is 0 Å². The predicted octanol–water partition coefficient (Wildman–Crippen LogP) is 2.79. The number of non-ortho nitro benzene ring substituents is 1. The van der Waals surface area contributed by atoms with Gasteiger partial charge in [-0.15, -0.1) is 0 Å². The smallest absolute Gasteiger partial charge is 0.338 e. The molecular weight excluding hydrogens is 324 g/mol. The summed E-state index contributed by atoms with van der Waals surface area (Å²) in [6.45, 7) is 1.21. The Hall–Kier alpha value is -2.44. The monoisotopic (exact) mass is 346 g/mol. The van der Waals surface area contributed by atoms with Crippen molar-refractivity contribution < 1.29 is 19.2 Å². The fraction of sp³-hybridized carbons (Fsp3) is 0.556. The molecule has 1 heterocycles. The maximum Gasteiger partial charge on any atom is 0.338 e. The number of likely N-dealkylation sites (tertiary alicyclic amines) is 1. The molecule has 0 bridgehead atoms. The van der Waals surface area contributed by atoms with E-state index in [4.69, 9.17) is 4.74 Å². The quantitative estimate of drug-likeness (QED) is 0.475. The second-order valence-electron chi connectivity index (χ2n) is 6.81. The van der Waals surface area contributed by atoms with Crippen LogP contribution >= 0.6 is 0 Å². The van der Waals surface area contributed by atoms with E-state index >= 15 is 0 Å². The molecule has 2 fully saturated rings. The second-order valence-corrected chi connectivity index (χ2v) is 6.81. The zero-order valence-electron chi connectivity index (χ0n) is 14.1. The molecule has 3 rings (SSSR count). The number of hydrogen-bond donors (Lipinski definition) is 0. The zero-order valence-corrected chi connectivity index (χ0v) is 14.1. The number of nitrogens with zero attached hydrogens (tertiary/aromatic N) is 2. The van der Waals surface area contributed by atoms with Crippen molar-refractivity contribution in [1.29, 1.82) is 0 Å². The molecule has 1 saturated heterocycles. The molecular formula is C18H22N2O5. The van der Waals surface area contributed by atoms with Gasteiger partial charge in [0.15, 0.2) is 6.61 Å². The van der Waals surface area contributed by atoms with Gasteiger partial charge < -0.3 is 9.64 Å². The van der Waals surface area contributed by atoms with E-state index < -0.39 is 10.9 Å². The Bertz CT molecular complexity index is 658. The summed E-state index contributed by atoms with van der Waals surface area (Å²) < 4.78 is 5.08. The first-order valence-electron chi connectivity index (χ1n) is 8.74. The van der Waals surface area contributed by atoms with E-state index in [1.807, 2.05) is 0 Å². The Morgan fingerprint density at radius 2 is 1.80 bits per heavy atom. The Morgan fingerprint density at radius 3 is 2.48 bits per heavy atom. The van der Waals surface area contributed by atoms with Crippen LogP contribution in [0.15, 0.2) is 24.3 Å². The average Bonchev–Trinajstić information content (AvgIpc) is 2.65. The van der Waals surface area contributed by atoms with E-state index in [0.717, 1.165) is 25.4 Å². The number of nitro groups is 1. The van der Waals surface area contributed by atoms with Gasteiger partial charge >= 0.3 is 5.97 Å². The molecule has 0 aromatic heterocycles. The SMILES string of the molecule is O=C(OCC(=O)N1CC[C@H]2CCCC[C@H]2C1)c1ccc([N+](=O)[O-])cc1. The van der Waals surface area contributed by atoms with Crippen molar-refractivity contribution in [3.63, 3.8) is 0 Å². The highest BCUT2D eigenvalue weighted by Crippen LogP contribution is 2.36. The highest BCUT2D eigenvalue weighted by atomic mass is 16.6. The number of carbonyl (C=O) groups excluding carboxylic acids is 2. The molecule has 1 aromatic rings. The van der Waals surface area contributed by atoms with Gasteiger partial charge in [0.05, 0.1) is 10.5 Å². The van der Waals surface area contributed by atoms with E-state index in [-0.39, 0.29) is 23.8 Å². The topological polar surface area (TPSA) is 89.8 Å². The lowest BCUT2D eigenvalue weighted by molar-refractivity contribution is -0.384. The van der Waals surface area contributed by atoms with Crippen LogP contribution in [0.4, 0.5) is 5.69 Å². The lowest BCUT2D eigenvalue weighted by Crippen LogP contribution is -2.46. The van der Waals surface area contributed by atoms with Gasteiger partial charge in [-0.05, 0) is 36.8 Å². The molecule has 1 aliphatic heterocycles. The van der Waals surface area contributed by atoms with Crippen LogP contribution < -0.4 is 0 Å². The second kappa shape index (κ2) is 7.63. The highest BCUT2D eigenvalue weighted by Gasteiger charge is 2.33. The van der Waals surface area contributed by atoms with Gasteiger partial charge in [-0.1, -0.05) is 19.3 Å². The lowest BCUT2D eigenvalue weighted by Gasteiger charge is -2.41. The van der Waals surface area contributed by atoms with E-state index in [2.05, 4.69) is 0 Å². The molecule has 1 saturated carbocycles. The van der Waals surface area contributed by atoms with E-state index in [1.54, 1.807) is 4.90 Å². The fourth-order valence-electron chi connectivity index (χ4n) is 3.85. The number of esters is 1. The van der Waals surface area contributed by atoms with Crippen molar-refractivity contribution in [2.24, 2.45) is 11.8 Å². The third-order valence-corrected chi connectivity index (χ3v) is 5.28. The molecule has 0 unspecified atom stereocenters. The Balaban J connectivity index is 1.50.